The predicted molar refractivity (Wildman–Crippen MR) is 78.9 cm³/mol. The van der Waals surface area contributed by atoms with E-state index in [0.29, 0.717) is 18.0 Å². The zero-order valence-corrected chi connectivity index (χ0v) is 12.5. The number of anilines is 2. The molecule has 0 bridgehead atoms. The maximum absolute atomic E-state index is 11.9. The number of nitrogens with two attached hydrogens (primary N) is 1. The van der Waals surface area contributed by atoms with E-state index in [0.717, 1.165) is 24.6 Å². The predicted octanol–water partition coefficient (Wildman–Crippen LogP) is 1.34. The minimum Gasteiger partial charge on any atom is -0.382 e. The molecule has 0 aliphatic heterocycles. The van der Waals surface area contributed by atoms with Gasteiger partial charge in [0.15, 0.2) is 5.13 Å². The van der Waals surface area contributed by atoms with Crippen molar-refractivity contribution in [2.45, 2.75) is 19.8 Å². The molecular weight excluding hydrogens is 264 g/mol. The fourth-order valence-corrected chi connectivity index (χ4v) is 2.20. The molecule has 0 radical (unpaired) electrons. The van der Waals surface area contributed by atoms with Gasteiger partial charge in [-0.25, -0.2) is 4.98 Å². The van der Waals surface area contributed by atoms with Crippen LogP contribution in [-0.4, -0.2) is 44.7 Å². The SMILES string of the molecule is CCCOCCCNC(=O)c1sc(N(C)C)nc1N. The van der Waals surface area contributed by atoms with Gasteiger partial charge in [-0.1, -0.05) is 18.3 Å². The van der Waals surface area contributed by atoms with Crippen LogP contribution in [-0.2, 0) is 4.74 Å². The molecule has 19 heavy (non-hydrogen) atoms. The number of rotatable bonds is 8. The standard InChI is InChI=1S/C12H22N4O2S/c1-4-7-18-8-5-6-14-11(17)9-10(13)15-12(19-9)16(2)3/h4-8,13H2,1-3H3,(H,14,17). The molecule has 0 saturated heterocycles. The van der Waals surface area contributed by atoms with Gasteiger partial charge in [-0.2, -0.15) is 0 Å². The van der Waals surface area contributed by atoms with Gasteiger partial charge in [0.05, 0.1) is 0 Å². The molecule has 0 aliphatic carbocycles. The summed E-state index contributed by atoms with van der Waals surface area (Å²) in [7, 11) is 3.73. The summed E-state index contributed by atoms with van der Waals surface area (Å²) in [5, 5.41) is 3.55. The van der Waals surface area contributed by atoms with Crippen molar-refractivity contribution in [2.24, 2.45) is 0 Å². The second-order valence-electron chi connectivity index (χ2n) is 4.33. The lowest BCUT2D eigenvalue weighted by molar-refractivity contribution is 0.0946. The van der Waals surface area contributed by atoms with Crippen LogP contribution in [0.3, 0.4) is 0 Å². The monoisotopic (exact) mass is 286 g/mol. The molecule has 7 heteroatoms. The molecule has 6 nitrogen and oxygen atoms in total. The lowest BCUT2D eigenvalue weighted by Gasteiger charge is -2.05. The Bertz CT molecular complexity index is 406. The maximum Gasteiger partial charge on any atom is 0.265 e. The molecule has 0 aliphatic rings. The molecule has 0 atom stereocenters. The third kappa shape index (κ3) is 5.04. The average Bonchev–Trinajstić information content (AvgIpc) is 2.76. The number of nitrogen functional groups attached to an aromatic ring is 1. The minimum absolute atomic E-state index is 0.168. The number of nitrogens with one attached hydrogen (secondary N) is 1. The molecular formula is C12H22N4O2S. The first-order valence-electron chi connectivity index (χ1n) is 6.35. The number of carbonyl (C=O) groups excluding carboxylic acids is 1. The summed E-state index contributed by atoms with van der Waals surface area (Å²) in [6.07, 6.45) is 1.81. The highest BCUT2D eigenvalue weighted by atomic mass is 32.1. The first-order valence-corrected chi connectivity index (χ1v) is 7.17. The van der Waals surface area contributed by atoms with E-state index in [4.69, 9.17) is 10.5 Å². The van der Waals surface area contributed by atoms with Crippen molar-refractivity contribution in [1.82, 2.24) is 10.3 Å². The summed E-state index contributed by atoms with van der Waals surface area (Å²) >= 11 is 1.29. The number of carbonyl (C=O) groups is 1. The number of aromatic nitrogens is 1. The van der Waals surface area contributed by atoms with Crippen LogP contribution in [0.1, 0.15) is 29.4 Å². The summed E-state index contributed by atoms with van der Waals surface area (Å²) in [4.78, 5) is 18.3. The molecule has 1 rings (SSSR count). The highest BCUT2D eigenvalue weighted by Crippen LogP contribution is 2.26. The summed E-state index contributed by atoms with van der Waals surface area (Å²) in [6.45, 7) is 4.07. The smallest absolute Gasteiger partial charge is 0.265 e. The van der Waals surface area contributed by atoms with Gasteiger partial charge in [-0.05, 0) is 12.8 Å². The largest absolute Gasteiger partial charge is 0.382 e. The van der Waals surface area contributed by atoms with E-state index < -0.39 is 0 Å². The minimum atomic E-state index is -0.168. The second kappa shape index (κ2) is 7.96. The van der Waals surface area contributed by atoms with Gasteiger partial charge in [-0.15, -0.1) is 0 Å². The normalized spacial score (nSPS) is 10.5. The molecule has 1 heterocycles. The van der Waals surface area contributed by atoms with Crippen molar-refractivity contribution in [3.05, 3.63) is 4.88 Å². The van der Waals surface area contributed by atoms with E-state index >= 15 is 0 Å². The van der Waals surface area contributed by atoms with Crippen LogP contribution in [0.5, 0.6) is 0 Å². The van der Waals surface area contributed by atoms with E-state index in [2.05, 4.69) is 17.2 Å². The van der Waals surface area contributed by atoms with Crippen LogP contribution in [0.4, 0.5) is 10.9 Å². The highest BCUT2D eigenvalue weighted by molar-refractivity contribution is 7.18. The number of nitrogens with zero attached hydrogens (tertiary/aromatic N) is 2. The van der Waals surface area contributed by atoms with Crippen LogP contribution < -0.4 is 16.0 Å². The molecule has 0 saturated carbocycles. The molecule has 0 spiro atoms. The number of hydrogen-bond acceptors (Lipinski definition) is 6. The Labute approximate surface area is 118 Å². The Morgan fingerprint density at radius 2 is 2.21 bits per heavy atom. The molecule has 0 aromatic carbocycles. The Hall–Kier alpha value is -1.34. The first kappa shape index (κ1) is 15.7. The van der Waals surface area contributed by atoms with Gasteiger partial charge in [0, 0.05) is 33.9 Å². The summed E-state index contributed by atoms with van der Waals surface area (Å²) in [6, 6.07) is 0. The van der Waals surface area contributed by atoms with Crippen LogP contribution in [0.2, 0.25) is 0 Å². The van der Waals surface area contributed by atoms with Gasteiger partial charge in [0.2, 0.25) is 0 Å². The molecule has 1 aromatic rings. The Kier molecular flexibility index (Phi) is 6.58. The lowest BCUT2D eigenvalue weighted by atomic mass is 10.4. The third-order valence-corrected chi connectivity index (χ3v) is 3.57. The molecule has 1 aromatic heterocycles. The number of amides is 1. The van der Waals surface area contributed by atoms with Crippen molar-refractivity contribution in [3.63, 3.8) is 0 Å². The molecule has 1 amide bonds. The lowest BCUT2D eigenvalue weighted by Crippen LogP contribution is -2.25. The van der Waals surface area contributed by atoms with Crippen molar-refractivity contribution in [2.75, 3.05) is 44.5 Å². The Morgan fingerprint density at radius 1 is 1.47 bits per heavy atom. The summed E-state index contributed by atoms with van der Waals surface area (Å²) in [5.41, 5.74) is 5.74. The van der Waals surface area contributed by atoms with E-state index in [1.54, 1.807) is 0 Å². The second-order valence-corrected chi connectivity index (χ2v) is 5.30. The quantitative estimate of drug-likeness (QED) is 0.705. The zero-order valence-electron chi connectivity index (χ0n) is 11.7. The highest BCUT2D eigenvalue weighted by Gasteiger charge is 2.16. The molecule has 3 N–H and O–H groups in total. The topological polar surface area (TPSA) is 80.5 Å². The zero-order chi connectivity index (χ0) is 14.3. The summed E-state index contributed by atoms with van der Waals surface area (Å²) < 4.78 is 5.34. The number of ether oxygens (including phenoxy) is 1. The van der Waals surface area contributed by atoms with Gasteiger partial charge in [-0.3, -0.25) is 4.79 Å². The van der Waals surface area contributed by atoms with Crippen molar-refractivity contribution in [3.8, 4) is 0 Å². The number of hydrogen-bond donors (Lipinski definition) is 2. The van der Waals surface area contributed by atoms with Crippen LogP contribution >= 0.6 is 11.3 Å². The van der Waals surface area contributed by atoms with Crippen molar-refractivity contribution in [1.29, 1.82) is 0 Å². The Morgan fingerprint density at radius 3 is 2.79 bits per heavy atom. The van der Waals surface area contributed by atoms with Gasteiger partial charge < -0.3 is 20.7 Å². The van der Waals surface area contributed by atoms with E-state index in [1.165, 1.54) is 11.3 Å². The van der Waals surface area contributed by atoms with E-state index in [-0.39, 0.29) is 11.7 Å². The Balaban J connectivity index is 2.37. The fraction of sp³-hybridized carbons (Fsp3) is 0.667. The molecule has 108 valence electrons. The first-order chi connectivity index (χ1) is 9.06. The van der Waals surface area contributed by atoms with Gasteiger partial charge in [0.1, 0.15) is 10.7 Å². The van der Waals surface area contributed by atoms with Gasteiger partial charge >= 0.3 is 0 Å². The number of thiazole rings is 1. The maximum atomic E-state index is 11.9. The third-order valence-electron chi connectivity index (χ3n) is 2.33. The average molecular weight is 286 g/mol. The van der Waals surface area contributed by atoms with Crippen molar-refractivity contribution < 1.29 is 9.53 Å². The molecule has 0 fully saturated rings. The van der Waals surface area contributed by atoms with Gasteiger partial charge in [0.25, 0.3) is 5.91 Å². The van der Waals surface area contributed by atoms with Crippen LogP contribution in [0, 0.1) is 0 Å². The fourth-order valence-electron chi connectivity index (χ4n) is 1.38. The summed E-state index contributed by atoms with van der Waals surface area (Å²) in [5.74, 6) is 0.118. The van der Waals surface area contributed by atoms with E-state index in [9.17, 15) is 4.79 Å². The van der Waals surface area contributed by atoms with Crippen molar-refractivity contribution >= 4 is 28.2 Å². The molecule has 0 unspecified atom stereocenters. The van der Waals surface area contributed by atoms with Crippen LogP contribution in [0.25, 0.3) is 0 Å². The van der Waals surface area contributed by atoms with E-state index in [1.807, 2.05) is 19.0 Å². The van der Waals surface area contributed by atoms with Crippen LogP contribution in [0.15, 0.2) is 0 Å².